The van der Waals surface area contributed by atoms with Crippen LogP contribution in [-0.2, 0) is 10.8 Å². The van der Waals surface area contributed by atoms with Crippen molar-refractivity contribution < 1.29 is 0 Å². The van der Waals surface area contributed by atoms with Crippen LogP contribution in [0.1, 0.15) is 127 Å². The summed E-state index contributed by atoms with van der Waals surface area (Å²) in [5.41, 5.74) is 8.26. The van der Waals surface area contributed by atoms with Gasteiger partial charge in [-0.1, -0.05) is 164 Å². The highest BCUT2D eigenvalue weighted by molar-refractivity contribution is 5.61. The van der Waals surface area contributed by atoms with E-state index in [9.17, 15) is 0 Å². The van der Waals surface area contributed by atoms with E-state index in [0.29, 0.717) is 0 Å². The van der Waals surface area contributed by atoms with Crippen LogP contribution in [0.3, 0.4) is 0 Å². The van der Waals surface area contributed by atoms with Crippen LogP contribution in [0.15, 0.2) is 109 Å². The molecule has 43 heavy (non-hydrogen) atoms. The zero-order valence-corrected chi connectivity index (χ0v) is 27.4. The summed E-state index contributed by atoms with van der Waals surface area (Å²) in [6, 6.07) is 41.2. The quantitative estimate of drug-likeness (QED) is 0.125. The van der Waals surface area contributed by atoms with E-state index in [1.165, 1.54) is 99.3 Å². The van der Waals surface area contributed by atoms with Crippen molar-refractivity contribution in [2.24, 2.45) is 0 Å². The second kappa shape index (κ2) is 16.5. The molecule has 0 bridgehead atoms. The predicted molar refractivity (Wildman–Crippen MR) is 189 cm³/mol. The second-order valence-corrected chi connectivity index (χ2v) is 12.6. The minimum Gasteiger partial charge on any atom is -0.356 e. The van der Waals surface area contributed by atoms with E-state index in [4.69, 9.17) is 0 Å². The lowest BCUT2D eigenvalue weighted by Crippen LogP contribution is -2.28. The Labute approximate surface area is 263 Å². The summed E-state index contributed by atoms with van der Waals surface area (Å²) in [6.45, 7) is 9.24. The molecule has 0 aliphatic carbocycles. The average Bonchev–Trinajstić information content (AvgIpc) is 3.07. The molecule has 0 radical (unpaired) electrons. The van der Waals surface area contributed by atoms with Gasteiger partial charge in [0.2, 0.25) is 0 Å². The van der Waals surface area contributed by atoms with Gasteiger partial charge in [0.15, 0.2) is 0 Å². The molecule has 0 spiro atoms. The van der Waals surface area contributed by atoms with Gasteiger partial charge in [0.05, 0.1) is 0 Å². The van der Waals surface area contributed by atoms with Gasteiger partial charge in [-0.15, -0.1) is 0 Å². The van der Waals surface area contributed by atoms with Crippen molar-refractivity contribution in [1.82, 2.24) is 0 Å². The first-order chi connectivity index (χ1) is 21.1. The van der Waals surface area contributed by atoms with E-state index < -0.39 is 0 Å². The summed E-state index contributed by atoms with van der Waals surface area (Å²) in [5, 5.41) is 3.71. The minimum atomic E-state index is 0.0746. The van der Waals surface area contributed by atoms with Gasteiger partial charge in [-0.2, -0.15) is 0 Å². The fraction of sp³-hybridized carbons (Fsp3) is 0.429. The van der Waals surface area contributed by atoms with E-state index in [-0.39, 0.29) is 10.8 Å². The van der Waals surface area contributed by atoms with E-state index in [1.54, 1.807) is 0 Å². The van der Waals surface area contributed by atoms with E-state index >= 15 is 0 Å². The van der Waals surface area contributed by atoms with Crippen molar-refractivity contribution in [1.29, 1.82) is 0 Å². The molecular weight excluding hydrogens is 518 g/mol. The topological polar surface area (TPSA) is 12.0 Å². The van der Waals surface area contributed by atoms with Crippen molar-refractivity contribution in [2.75, 3.05) is 5.32 Å². The van der Waals surface area contributed by atoms with Gasteiger partial charge >= 0.3 is 0 Å². The normalized spacial score (nSPS) is 11.9. The molecule has 0 aliphatic rings. The number of nitrogens with one attached hydrogen (secondary N) is 1. The van der Waals surface area contributed by atoms with Crippen LogP contribution in [0.25, 0.3) is 0 Å². The van der Waals surface area contributed by atoms with Gasteiger partial charge in [0.1, 0.15) is 0 Å². The first-order valence-corrected chi connectivity index (χ1v) is 17.2. The molecule has 0 atom stereocenters. The molecule has 0 aliphatic heterocycles. The maximum atomic E-state index is 3.71. The summed E-state index contributed by atoms with van der Waals surface area (Å²) in [4.78, 5) is 0. The number of rotatable bonds is 18. The summed E-state index contributed by atoms with van der Waals surface area (Å²) >= 11 is 0. The van der Waals surface area contributed by atoms with Crippen LogP contribution < -0.4 is 5.32 Å². The van der Waals surface area contributed by atoms with E-state index in [2.05, 4.69) is 142 Å². The van der Waals surface area contributed by atoms with Crippen molar-refractivity contribution in [3.05, 3.63) is 131 Å². The molecule has 4 aromatic rings. The van der Waals surface area contributed by atoms with Crippen molar-refractivity contribution in [3.8, 4) is 0 Å². The summed E-state index contributed by atoms with van der Waals surface area (Å²) in [5.74, 6) is 0. The highest BCUT2D eigenvalue weighted by atomic mass is 14.9. The number of unbranched alkanes of at least 4 members (excludes halogenated alkanes) is 4. The lowest BCUT2D eigenvalue weighted by Gasteiger charge is -2.36. The summed E-state index contributed by atoms with van der Waals surface area (Å²) in [7, 11) is 0. The molecule has 1 nitrogen and oxygen atoms in total. The number of anilines is 2. The molecule has 4 rings (SSSR count). The minimum absolute atomic E-state index is 0.0746. The van der Waals surface area contributed by atoms with Gasteiger partial charge in [-0.3, -0.25) is 0 Å². The lowest BCUT2D eigenvalue weighted by molar-refractivity contribution is 0.406. The van der Waals surface area contributed by atoms with Crippen LogP contribution in [0.4, 0.5) is 11.4 Å². The monoisotopic (exact) mass is 573 g/mol. The Hall–Kier alpha value is -3.32. The van der Waals surface area contributed by atoms with Gasteiger partial charge in [0.25, 0.3) is 0 Å². The third-order valence-corrected chi connectivity index (χ3v) is 9.64. The summed E-state index contributed by atoms with van der Waals surface area (Å²) in [6.07, 6.45) is 14.6. The molecule has 0 heterocycles. The second-order valence-electron chi connectivity index (χ2n) is 12.6. The van der Waals surface area contributed by atoms with Gasteiger partial charge in [0, 0.05) is 22.2 Å². The van der Waals surface area contributed by atoms with Gasteiger partial charge in [-0.05, 0) is 72.2 Å². The predicted octanol–water partition coefficient (Wildman–Crippen LogP) is 12.8. The summed E-state index contributed by atoms with van der Waals surface area (Å²) < 4.78 is 0. The molecule has 1 heteroatoms. The van der Waals surface area contributed by atoms with Crippen LogP contribution in [0.2, 0.25) is 0 Å². The molecule has 0 saturated carbocycles. The Bertz CT molecular complexity index is 1180. The van der Waals surface area contributed by atoms with Gasteiger partial charge in [-0.25, -0.2) is 0 Å². The Kier molecular flexibility index (Phi) is 12.5. The molecule has 0 saturated heterocycles. The number of hydrogen-bond donors (Lipinski definition) is 1. The molecule has 1 N–H and O–H groups in total. The molecule has 0 unspecified atom stereocenters. The maximum Gasteiger partial charge on any atom is 0.0384 e. The number of benzene rings is 4. The van der Waals surface area contributed by atoms with Crippen molar-refractivity contribution in [3.63, 3.8) is 0 Å². The standard InChI is InChI=1S/C42H55N/c1-5-9-31-41(32-10-6-2,35-19-15-13-16-20-35)37-23-27-39(28-24-37)43-40-29-25-38(26-30-40)42(33-11-7-3,34-12-8-4)36-21-17-14-18-22-36/h13-30,43H,5-12,31-34H2,1-4H3. The van der Waals surface area contributed by atoms with E-state index in [1.807, 2.05) is 0 Å². The molecule has 0 fully saturated rings. The largest absolute Gasteiger partial charge is 0.356 e. The highest BCUT2D eigenvalue weighted by Crippen LogP contribution is 2.44. The van der Waals surface area contributed by atoms with Crippen LogP contribution >= 0.6 is 0 Å². The fourth-order valence-electron chi connectivity index (χ4n) is 7.08. The molecule has 228 valence electrons. The SMILES string of the molecule is CCCCC(CCCC)(c1ccccc1)c1ccc(Nc2ccc(C(CCCC)(CCCC)c3ccccc3)cc2)cc1. The maximum absolute atomic E-state index is 3.71. The average molecular weight is 574 g/mol. The molecular formula is C42H55N. The van der Waals surface area contributed by atoms with Crippen LogP contribution in [-0.4, -0.2) is 0 Å². The fourth-order valence-corrected chi connectivity index (χ4v) is 7.08. The van der Waals surface area contributed by atoms with Gasteiger partial charge < -0.3 is 5.32 Å². The zero-order valence-electron chi connectivity index (χ0n) is 27.4. The van der Waals surface area contributed by atoms with E-state index in [0.717, 1.165) is 11.4 Å². The molecule has 0 aromatic heterocycles. The lowest BCUT2D eigenvalue weighted by atomic mass is 9.68. The third kappa shape index (κ3) is 7.99. The Morgan fingerprint density at radius 3 is 0.930 bits per heavy atom. The zero-order chi connectivity index (χ0) is 30.4. The third-order valence-electron chi connectivity index (χ3n) is 9.64. The van der Waals surface area contributed by atoms with Crippen molar-refractivity contribution >= 4 is 11.4 Å². The smallest absolute Gasteiger partial charge is 0.0384 e. The van der Waals surface area contributed by atoms with Crippen molar-refractivity contribution in [2.45, 2.75) is 116 Å². The number of hydrogen-bond acceptors (Lipinski definition) is 1. The Morgan fingerprint density at radius 2 is 0.651 bits per heavy atom. The van der Waals surface area contributed by atoms with Crippen LogP contribution in [0, 0.1) is 0 Å². The highest BCUT2D eigenvalue weighted by Gasteiger charge is 2.34. The van der Waals surface area contributed by atoms with Crippen LogP contribution in [0.5, 0.6) is 0 Å². The molecule has 0 amide bonds. The molecule has 4 aromatic carbocycles. The Balaban J connectivity index is 1.60. The first kappa shape index (κ1) is 32.6. The Morgan fingerprint density at radius 1 is 0.372 bits per heavy atom. The first-order valence-electron chi connectivity index (χ1n) is 17.2.